The second kappa shape index (κ2) is 10.7. The molecule has 5 rings (SSSR count). The Labute approximate surface area is 218 Å². The van der Waals surface area contributed by atoms with Gasteiger partial charge in [-0.15, -0.1) is 0 Å². The Balaban J connectivity index is 1.30. The number of benzene rings is 3. The average molecular weight is 524 g/mol. The van der Waals surface area contributed by atoms with Crippen molar-refractivity contribution in [2.24, 2.45) is 0 Å². The zero-order valence-corrected chi connectivity index (χ0v) is 20.7. The normalized spacial score (nSPS) is 25.1. The van der Waals surface area contributed by atoms with E-state index in [0.29, 0.717) is 46.4 Å². The summed E-state index contributed by atoms with van der Waals surface area (Å²) in [5.41, 5.74) is 1.75. The lowest BCUT2D eigenvalue weighted by Crippen LogP contribution is -2.60. The summed E-state index contributed by atoms with van der Waals surface area (Å²) in [5, 5.41) is 40.6. The van der Waals surface area contributed by atoms with Crippen molar-refractivity contribution in [1.29, 1.82) is 0 Å². The molecule has 3 aromatic carbocycles. The largest absolute Gasteiger partial charge is 0.488 e. The lowest BCUT2D eigenvalue weighted by molar-refractivity contribution is -0.277. The second-order valence-corrected chi connectivity index (χ2v) is 9.35. The molecule has 2 aliphatic rings. The van der Waals surface area contributed by atoms with E-state index < -0.39 is 37.3 Å². The van der Waals surface area contributed by atoms with Gasteiger partial charge in [-0.05, 0) is 42.3 Å². The summed E-state index contributed by atoms with van der Waals surface area (Å²) in [7, 11) is 0. The predicted molar refractivity (Wildman–Crippen MR) is 135 cm³/mol. The monoisotopic (exact) mass is 523 g/mol. The minimum Gasteiger partial charge on any atom is -0.488 e. The maximum absolute atomic E-state index is 12.9. The molecular formula is C28H29NO9. The van der Waals surface area contributed by atoms with E-state index in [-0.39, 0.29) is 18.4 Å². The molecule has 0 spiro atoms. The Bertz CT molecular complexity index is 1320. The van der Waals surface area contributed by atoms with E-state index in [1.165, 1.54) is 4.90 Å². The van der Waals surface area contributed by atoms with Gasteiger partial charge in [-0.1, -0.05) is 31.2 Å². The topological polar surface area (TPSA) is 146 Å². The van der Waals surface area contributed by atoms with Crippen LogP contribution in [0.2, 0.25) is 0 Å². The van der Waals surface area contributed by atoms with Gasteiger partial charge in [-0.25, -0.2) is 0 Å². The van der Waals surface area contributed by atoms with Crippen LogP contribution in [0.25, 0.3) is 10.8 Å². The van der Waals surface area contributed by atoms with Gasteiger partial charge in [-0.2, -0.15) is 0 Å². The number of carbonyl (C=O) groups excluding carboxylic acids is 2. The van der Waals surface area contributed by atoms with Crippen LogP contribution in [0.5, 0.6) is 11.5 Å². The molecule has 0 saturated carbocycles. The first-order valence-corrected chi connectivity index (χ1v) is 12.4. The van der Waals surface area contributed by atoms with E-state index >= 15 is 0 Å². The van der Waals surface area contributed by atoms with Gasteiger partial charge in [0.1, 0.15) is 42.5 Å². The number of hydrogen-bond acceptors (Lipinski definition) is 9. The summed E-state index contributed by atoms with van der Waals surface area (Å²) in [6, 6.07) is 15.5. The highest BCUT2D eigenvalue weighted by Gasteiger charge is 2.44. The number of hydrogen-bond donors (Lipinski definition) is 4. The smallest absolute Gasteiger partial charge is 0.261 e. The number of amides is 2. The van der Waals surface area contributed by atoms with E-state index in [2.05, 4.69) is 0 Å². The Kier molecular flexibility index (Phi) is 7.33. The van der Waals surface area contributed by atoms with Crippen molar-refractivity contribution < 1.29 is 44.2 Å². The number of nitrogens with zero attached hydrogens (tertiary/aromatic N) is 1. The molecule has 5 atom stereocenters. The Morgan fingerprint density at radius 1 is 0.895 bits per heavy atom. The lowest BCUT2D eigenvalue weighted by Gasteiger charge is -2.39. The molecule has 2 amide bonds. The average Bonchev–Trinajstić information content (AvgIpc) is 2.94. The lowest BCUT2D eigenvalue weighted by atomic mass is 9.93. The van der Waals surface area contributed by atoms with Crippen LogP contribution < -0.4 is 9.47 Å². The molecular weight excluding hydrogens is 494 g/mol. The van der Waals surface area contributed by atoms with Crippen molar-refractivity contribution in [3.63, 3.8) is 0 Å². The van der Waals surface area contributed by atoms with E-state index in [9.17, 15) is 30.0 Å². The van der Waals surface area contributed by atoms with E-state index in [0.717, 1.165) is 5.56 Å². The third-order valence-corrected chi connectivity index (χ3v) is 6.82. The van der Waals surface area contributed by atoms with Crippen molar-refractivity contribution in [2.75, 3.05) is 13.2 Å². The molecule has 0 unspecified atom stereocenters. The van der Waals surface area contributed by atoms with Crippen molar-refractivity contribution in [1.82, 2.24) is 4.90 Å². The summed E-state index contributed by atoms with van der Waals surface area (Å²) in [4.78, 5) is 27.2. The standard InChI is InChI=1S/C28H29NO9/c1-2-12-29-26(34)18-5-3-4-17-20(11-10-19(22(17)18)27(29)35)36-14-15-6-8-16(9-7-15)37-28-25(33)24(32)23(31)21(13-30)38-28/h3-11,21,23-25,28,30-33H,2,12-14H2,1H3/t21-,23+,24+,25-,28-/m0/s1. The van der Waals surface area contributed by atoms with Crippen LogP contribution in [-0.2, 0) is 11.3 Å². The molecule has 4 N–H and O–H groups in total. The maximum atomic E-state index is 12.9. The molecule has 1 saturated heterocycles. The Hall–Kier alpha value is -3.54. The zero-order chi connectivity index (χ0) is 27.0. The summed E-state index contributed by atoms with van der Waals surface area (Å²) < 4.78 is 17.1. The van der Waals surface area contributed by atoms with Gasteiger partial charge < -0.3 is 34.6 Å². The van der Waals surface area contributed by atoms with Crippen molar-refractivity contribution in [3.8, 4) is 11.5 Å². The second-order valence-electron chi connectivity index (χ2n) is 9.35. The molecule has 0 aliphatic carbocycles. The van der Waals surface area contributed by atoms with E-state index in [4.69, 9.17) is 14.2 Å². The number of imide groups is 1. The highest BCUT2D eigenvalue weighted by atomic mass is 16.7. The molecule has 200 valence electrons. The van der Waals surface area contributed by atoms with Crippen LogP contribution in [0.4, 0.5) is 0 Å². The fraction of sp³-hybridized carbons (Fsp3) is 0.357. The summed E-state index contributed by atoms with van der Waals surface area (Å²) in [6.45, 7) is 1.93. The first kappa shape index (κ1) is 26.1. The molecule has 2 aliphatic heterocycles. The quantitative estimate of drug-likeness (QED) is 0.324. The van der Waals surface area contributed by atoms with E-state index in [1.54, 1.807) is 48.5 Å². The van der Waals surface area contributed by atoms with Gasteiger partial charge in [0, 0.05) is 28.4 Å². The molecule has 1 fully saturated rings. The number of carbonyl (C=O) groups is 2. The first-order chi connectivity index (χ1) is 18.3. The third kappa shape index (κ3) is 4.61. The molecule has 2 heterocycles. The maximum Gasteiger partial charge on any atom is 0.261 e. The van der Waals surface area contributed by atoms with Gasteiger partial charge in [0.25, 0.3) is 11.8 Å². The van der Waals surface area contributed by atoms with Crippen LogP contribution in [0.15, 0.2) is 54.6 Å². The third-order valence-electron chi connectivity index (χ3n) is 6.82. The number of ether oxygens (including phenoxy) is 3. The minimum atomic E-state index is -1.53. The SMILES string of the molecule is CCCN1C(=O)c2cccc3c(OCc4ccc(O[C@H]5O[C@@H](CO)[C@@H](O)[C@@H](O)[C@@H]5O)cc4)ccc(c23)C1=O. The molecule has 10 heteroatoms. The fourth-order valence-electron chi connectivity index (χ4n) is 4.80. The number of aliphatic hydroxyl groups excluding tert-OH is 4. The van der Waals surface area contributed by atoms with Crippen LogP contribution in [0, 0.1) is 0 Å². The molecule has 3 aromatic rings. The van der Waals surface area contributed by atoms with Crippen molar-refractivity contribution in [2.45, 2.75) is 50.7 Å². The number of rotatable bonds is 8. The van der Waals surface area contributed by atoms with Gasteiger partial charge in [0.15, 0.2) is 0 Å². The van der Waals surface area contributed by atoms with Crippen molar-refractivity contribution in [3.05, 3.63) is 71.3 Å². The van der Waals surface area contributed by atoms with Crippen molar-refractivity contribution >= 4 is 22.6 Å². The van der Waals surface area contributed by atoms with Crippen LogP contribution in [-0.4, -0.2) is 81.0 Å². The summed E-state index contributed by atoms with van der Waals surface area (Å²) in [5.74, 6) is 0.272. The van der Waals surface area contributed by atoms with Gasteiger partial charge in [-0.3, -0.25) is 14.5 Å². The van der Waals surface area contributed by atoms with Gasteiger partial charge in [0.2, 0.25) is 6.29 Å². The predicted octanol–water partition coefficient (Wildman–Crippen LogP) is 1.60. The molecule has 10 nitrogen and oxygen atoms in total. The minimum absolute atomic E-state index is 0.197. The molecule has 0 aromatic heterocycles. The zero-order valence-electron chi connectivity index (χ0n) is 20.7. The van der Waals surface area contributed by atoms with E-state index in [1.807, 2.05) is 13.0 Å². The summed E-state index contributed by atoms with van der Waals surface area (Å²) >= 11 is 0. The van der Waals surface area contributed by atoms with Crippen LogP contribution in [0.3, 0.4) is 0 Å². The Morgan fingerprint density at radius 2 is 1.61 bits per heavy atom. The highest BCUT2D eigenvalue weighted by molar-refractivity contribution is 6.26. The van der Waals surface area contributed by atoms with Gasteiger partial charge in [0.05, 0.1) is 6.61 Å². The Morgan fingerprint density at radius 3 is 2.29 bits per heavy atom. The van der Waals surface area contributed by atoms with Crippen LogP contribution >= 0.6 is 0 Å². The summed E-state index contributed by atoms with van der Waals surface area (Å²) in [6.07, 6.45) is -6.15. The number of aliphatic hydroxyl groups is 4. The molecule has 0 bridgehead atoms. The van der Waals surface area contributed by atoms with Gasteiger partial charge >= 0.3 is 0 Å². The first-order valence-electron chi connectivity index (χ1n) is 12.4. The molecule has 38 heavy (non-hydrogen) atoms. The highest BCUT2D eigenvalue weighted by Crippen LogP contribution is 2.36. The fourth-order valence-corrected chi connectivity index (χ4v) is 4.80. The van der Waals surface area contributed by atoms with Crippen LogP contribution in [0.1, 0.15) is 39.6 Å². The molecule has 0 radical (unpaired) electrons.